The summed E-state index contributed by atoms with van der Waals surface area (Å²) in [6, 6.07) is 8.17. The summed E-state index contributed by atoms with van der Waals surface area (Å²) in [5, 5.41) is 11.9. The molecule has 1 saturated carbocycles. The molecule has 1 atom stereocenters. The van der Waals surface area contributed by atoms with Crippen LogP contribution in [0.15, 0.2) is 28.7 Å². The highest BCUT2D eigenvalue weighted by atomic mass is 79.9. The van der Waals surface area contributed by atoms with Gasteiger partial charge in [-0.3, -0.25) is 4.79 Å². The maximum absolute atomic E-state index is 13.0. The molecule has 1 unspecified atom stereocenters. The molecule has 0 spiro atoms. The quantitative estimate of drug-likeness (QED) is 0.871. The third kappa shape index (κ3) is 2.86. The van der Waals surface area contributed by atoms with E-state index in [1.54, 1.807) is 0 Å². The van der Waals surface area contributed by atoms with E-state index in [1.165, 1.54) is 0 Å². The molecule has 4 rings (SSSR count). The van der Waals surface area contributed by atoms with E-state index in [0.29, 0.717) is 11.6 Å². The van der Waals surface area contributed by atoms with E-state index in [4.69, 9.17) is 0 Å². The van der Waals surface area contributed by atoms with Crippen LogP contribution in [0, 0.1) is 0 Å². The Labute approximate surface area is 149 Å². The van der Waals surface area contributed by atoms with Gasteiger partial charge in [-0.05, 0) is 50.1 Å². The molecule has 2 aromatic rings. The number of rotatable bonds is 4. The lowest BCUT2D eigenvalue weighted by Crippen LogP contribution is -2.39. The van der Waals surface area contributed by atoms with Crippen molar-refractivity contribution < 1.29 is 4.79 Å². The van der Waals surface area contributed by atoms with E-state index >= 15 is 0 Å². The summed E-state index contributed by atoms with van der Waals surface area (Å²) in [7, 11) is 1.87. The topological polar surface area (TPSA) is 63.1 Å². The minimum atomic E-state index is -0.0195. The summed E-state index contributed by atoms with van der Waals surface area (Å²) in [6.45, 7) is 1.81. The average Bonchev–Trinajstić information content (AvgIpc) is 3.12. The van der Waals surface area contributed by atoms with E-state index in [9.17, 15) is 4.79 Å². The standard InChI is InChI=1S/C17H20BrN5O/c1-22(14-8-9-19-10-14)17(24)15-16(11-2-3-11)23(21-20-15)13-6-4-12(18)5-7-13/h4-7,11,14,19H,2-3,8-10H2,1H3. The molecule has 7 heteroatoms. The zero-order valence-electron chi connectivity index (χ0n) is 13.6. The van der Waals surface area contributed by atoms with Crippen LogP contribution in [0.2, 0.25) is 0 Å². The second-order valence-corrected chi connectivity index (χ2v) is 7.46. The van der Waals surface area contributed by atoms with Gasteiger partial charge in [-0.2, -0.15) is 0 Å². The maximum Gasteiger partial charge on any atom is 0.276 e. The van der Waals surface area contributed by atoms with Crippen LogP contribution in [-0.2, 0) is 0 Å². The summed E-state index contributed by atoms with van der Waals surface area (Å²) in [5.74, 6) is 0.367. The van der Waals surface area contributed by atoms with Gasteiger partial charge in [0.1, 0.15) is 0 Å². The molecule has 6 nitrogen and oxygen atoms in total. The SMILES string of the molecule is CN(C(=O)c1nnn(-c2ccc(Br)cc2)c1C1CC1)C1CCNC1. The number of amides is 1. The van der Waals surface area contributed by atoms with E-state index in [2.05, 4.69) is 31.6 Å². The normalized spacial score (nSPS) is 20.3. The predicted molar refractivity (Wildman–Crippen MR) is 94.4 cm³/mol. The number of aromatic nitrogens is 3. The van der Waals surface area contributed by atoms with Crippen molar-refractivity contribution in [2.75, 3.05) is 20.1 Å². The number of likely N-dealkylation sites (N-methyl/N-ethyl adjacent to an activating group) is 1. The van der Waals surface area contributed by atoms with Crippen molar-refractivity contribution in [1.29, 1.82) is 0 Å². The van der Waals surface area contributed by atoms with Gasteiger partial charge in [-0.15, -0.1) is 5.10 Å². The molecule has 1 aliphatic carbocycles. The Morgan fingerprint density at radius 1 is 1.29 bits per heavy atom. The number of hydrogen-bond donors (Lipinski definition) is 1. The Kier molecular flexibility index (Phi) is 4.14. The van der Waals surface area contributed by atoms with Crippen LogP contribution in [0.5, 0.6) is 0 Å². The summed E-state index contributed by atoms with van der Waals surface area (Å²) in [5.41, 5.74) is 2.41. The highest BCUT2D eigenvalue weighted by Crippen LogP contribution is 2.42. The number of nitrogens with zero attached hydrogens (tertiary/aromatic N) is 4. The van der Waals surface area contributed by atoms with Crippen LogP contribution in [0.25, 0.3) is 5.69 Å². The van der Waals surface area contributed by atoms with Gasteiger partial charge in [0.2, 0.25) is 0 Å². The van der Waals surface area contributed by atoms with Crippen molar-refractivity contribution >= 4 is 21.8 Å². The molecule has 1 aliphatic heterocycles. The highest BCUT2D eigenvalue weighted by molar-refractivity contribution is 9.10. The molecule has 126 valence electrons. The zero-order chi connectivity index (χ0) is 16.7. The van der Waals surface area contributed by atoms with Crippen LogP contribution in [0.1, 0.15) is 41.4 Å². The van der Waals surface area contributed by atoms with Gasteiger partial charge in [-0.1, -0.05) is 21.1 Å². The van der Waals surface area contributed by atoms with Crippen LogP contribution in [0.3, 0.4) is 0 Å². The van der Waals surface area contributed by atoms with Gasteiger partial charge in [0.05, 0.1) is 11.4 Å². The first-order chi connectivity index (χ1) is 11.6. The van der Waals surface area contributed by atoms with Crippen molar-refractivity contribution in [3.8, 4) is 5.69 Å². The molecule has 0 radical (unpaired) electrons. The van der Waals surface area contributed by atoms with Gasteiger partial charge in [0.15, 0.2) is 5.69 Å². The van der Waals surface area contributed by atoms with Crippen molar-refractivity contribution in [2.45, 2.75) is 31.2 Å². The molecule has 0 bridgehead atoms. The predicted octanol–water partition coefficient (Wildman–Crippen LogP) is 2.34. The first kappa shape index (κ1) is 15.8. The fraction of sp³-hybridized carbons (Fsp3) is 0.471. The minimum absolute atomic E-state index is 0.0195. The van der Waals surface area contributed by atoms with Gasteiger partial charge in [0, 0.05) is 30.0 Å². The fourth-order valence-electron chi connectivity index (χ4n) is 3.24. The molecule has 1 aromatic heterocycles. The third-order valence-corrected chi connectivity index (χ3v) is 5.37. The highest BCUT2D eigenvalue weighted by Gasteiger charge is 2.36. The van der Waals surface area contributed by atoms with Crippen molar-refractivity contribution in [1.82, 2.24) is 25.2 Å². The second-order valence-electron chi connectivity index (χ2n) is 6.55. The fourth-order valence-corrected chi connectivity index (χ4v) is 3.50. The smallest absolute Gasteiger partial charge is 0.276 e. The molecular formula is C17H20BrN5O. The van der Waals surface area contributed by atoms with Gasteiger partial charge in [-0.25, -0.2) is 4.68 Å². The monoisotopic (exact) mass is 389 g/mol. The van der Waals surface area contributed by atoms with Gasteiger partial charge >= 0.3 is 0 Å². The molecule has 1 saturated heterocycles. The Morgan fingerprint density at radius 3 is 2.67 bits per heavy atom. The van der Waals surface area contributed by atoms with Crippen LogP contribution < -0.4 is 5.32 Å². The molecule has 2 fully saturated rings. The summed E-state index contributed by atoms with van der Waals surface area (Å²) < 4.78 is 2.85. The summed E-state index contributed by atoms with van der Waals surface area (Å²) >= 11 is 3.45. The number of hydrogen-bond acceptors (Lipinski definition) is 4. The van der Waals surface area contributed by atoms with E-state index in [-0.39, 0.29) is 11.9 Å². The van der Waals surface area contributed by atoms with Crippen molar-refractivity contribution in [3.05, 3.63) is 40.1 Å². The maximum atomic E-state index is 13.0. The lowest BCUT2D eigenvalue weighted by atomic mass is 10.1. The Hall–Kier alpha value is -1.73. The van der Waals surface area contributed by atoms with Gasteiger partial charge < -0.3 is 10.2 Å². The van der Waals surface area contributed by atoms with E-state index in [1.807, 2.05) is 40.9 Å². The van der Waals surface area contributed by atoms with Crippen LogP contribution >= 0.6 is 15.9 Å². The molecule has 1 aromatic carbocycles. The van der Waals surface area contributed by atoms with Crippen molar-refractivity contribution in [2.24, 2.45) is 0 Å². The summed E-state index contributed by atoms with van der Waals surface area (Å²) in [6.07, 6.45) is 3.18. The Balaban J connectivity index is 1.68. The van der Waals surface area contributed by atoms with Crippen molar-refractivity contribution in [3.63, 3.8) is 0 Å². The number of carbonyl (C=O) groups excluding carboxylic acids is 1. The Bertz CT molecular complexity index is 747. The first-order valence-corrected chi connectivity index (χ1v) is 9.14. The van der Waals surface area contributed by atoms with E-state index < -0.39 is 0 Å². The average molecular weight is 390 g/mol. The zero-order valence-corrected chi connectivity index (χ0v) is 15.2. The largest absolute Gasteiger partial charge is 0.336 e. The molecule has 1 N–H and O–H groups in total. The number of benzene rings is 1. The number of carbonyl (C=O) groups is 1. The molecular weight excluding hydrogens is 370 g/mol. The van der Waals surface area contributed by atoms with Crippen LogP contribution in [0.4, 0.5) is 0 Å². The first-order valence-electron chi connectivity index (χ1n) is 8.34. The minimum Gasteiger partial charge on any atom is -0.336 e. The second kappa shape index (κ2) is 6.29. The number of halogens is 1. The van der Waals surface area contributed by atoms with Gasteiger partial charge in [0.25, 0.3) is 5.91 Å². The van der Waals surface area contributed by atoms with Crippen LogP contribution in [-0.4, -0.2) is 52.0 Å². The lowest BCUT2D eigenvalue weighted by Gasteiger charge is -2.23. The number of nitrogens with one attached hydrogen (secondary N) is 1. The lowest BCUT2D eigenvalue weighted by molar-refractivity contribution is 0.0736. The molecule has 1 amide bonds. The molecule has 2 aliphatic rings. The Morgan fingerprint density at radius 2 is 2.04 bits per heavy atom. The van der Waals surface area contributed by atoms with E-state index in [0.717, 1.165) is 48.2 Å². The summed E-state index contributed by atoms with van der Waals surface area (Å²) in [4.78, 5) is 14.8. The molecule has 24 heavy (non-hydrogen) atoms. The molecule has 2 heterocycles. The third-order valence-electron chi connectivity index (χ3n) is 4.85.